The average molecular weight is 459 g/mol. The van der Waals surface area contributed by atoms with Gasteiger partial charge in [-0.1, -0.05) is 23.2 Å². The van der Waals surface area contributed by atoms with Gasteiger partial charge in [-0.2, -0.15) is 0 Å². The van der Waals surface area contributed by atoms with Gasteiger partial charge >= 0.3 is 0 Å². The van der Waals surface area contributed by atoms with Gasteiger partial charge in [0.15, 0.2) is 0 Å². The van der Waals surface area contributed by atoms with Crippen molar-refractivity contribution in [2.24, 2.45) is 0 Å². The molecule has 0 unspecified atom stereocenters. The minimum Gasteiger partial charge on any atom is -0.367 e. The SMILES string of the molecule is Cc1nc(N[C@H]2CC[C@@H](NC(=O)c3ccc(Cl)c(Cl)c3)CC2)cc(N(C)C)n1.Cl. The third-order valence-electron chi connectivity index (χ3n) is 4.88. The Bertz CT molecular complexity index is 854. The van der Waals surface area contributed by atoms with Crippen LogP contribution in [0, 0.1) is 6.92 Å². The molecular weight excluding hydrogens is 433 g/mol. The zero-order chi connectivity index (χ0) is 20.3. The maximum atomic E-state index is 12.4. The summed E-state index contributed by atoms with van der Waals surface area (Å²) in [6, 6.07) is 7.39. The summed E-state index contributed by atoms with van der Waals surface area (Å²) < 4.78 is 0. The second kappa shape index (κ2) is 10.3. The summed E-state index contributed by atoms with van der Waals surface area (Å²) in [5.74, 6) is 2.37. The first kappa shape index (κ1) is 23.5. The van der Waals surface area contributed by atoms with Gasteiger partial charge in [-0.15, -0.1) is 12.4 Å². The number of hydrogen-bond donors (Lipinski definition) is 2. The number of amides is 1. The number of benzene rings is 1. The van der Waals surface area contributed by atoms with E-state index < -0.39 is 0 Å². The van der Waals surface area contributed by atoms with Crippen molar-refractivity contribution in [3.05, 3.63) is 45.7 Å². The lowest BCUT2D eigenvalue weighted by Crippen LogP contribution is -2.40. The van der Waals surface area contributed by atoms with Gasteiger partial charge in [0.25, 0.3) is 5.91 Å². The zero-order valence-corrected chi connectivity index (χ0v) is 19.0. The molecule has 1 amide bonds. The molecule has 29 heavy (non-hydrogen) atoms. The second-order valence-corrected chi connectivity index (χ2v) is 8.16. The van der Waals surface area contributed by atoms with Crippen LogP contribution in [0.3, 0.4) is 0 Å². The number of halogens is 3. The van der Waals surface area contributed by atoms with Crippen molar-refractivity contribution in [1.29, 1.82) is 0 Å². The van der Waals surface area contributed by atoms with Gasteiger partial charge in [0.2, 0.25) is 0 Å². The molecule has 0 spiro atoms. The Morgan fingerprint density at radius 2 is 1.69 bits per heavy atom. The standard InChI is InChI=1S/C20H25Cl2N5O.ClH/c1-12-23-18(11-19(24-12)27(2)3)25-14-5-7-15(8-6-14)26-20(28)13-4-9-16(21)17(22)10-13;/h4,9-11,14-15H,5-8H2,1-3H3,(H,26,28)(H,23,24,25);1H/t14-,15+;. The number of anilines is 2. The van der Waals surface area contributed by atoms with Crippen molar-refractivity contribution in [1.82, 2.24) is 15.3 Å². The van der Waals surface area contributed by atoms with Gasteiger partial charge < -0.3 is 15.5 Å². The Morgan fingerprint density at radius 1 is 1.03 bits per heavy atom. The monoisotopic (exact) mass is 457 g/mol. The van der Waals surface area contributed by atoms with Crippen molar-refractivity contribution >= 4 is 53.2 Å². The number of aryl methyl sites for hydroxylation is 1. The van der Waals surface area contributed by atoms with E-state index in [0.717, 1.165) is 43.1 Å². The molecule has 0 aliphatic heterocycles. The summed E-state index contributed by atoms with van der Waals surface area (Å²) in [4.78, 5) is 23.3. The van der Waals surface area contributed by atoms with Crippen molar-refractivity contribution < 1.29 is 4.79 Å². The first-order chi connectivity index (χ1) is 13.3. The molecule has 1 aliphatic carbocycles. The van der Waals surface area contributed by atoms with E-state index in [9.17, 15) is 4.79 Å². The maximum Gasteiger partial charge on any atom is 0.251 e. The molecule has 1 fully saturated rings. The summed E-state index contributed by atoms with van der Waals surface area (Å²) in [7, 11) is 3.93. The van der Waals surface area contributed by atoms with Gasteiger partial charge in [-0.25, -0.2) is 9.97 Å². The molecular formula is C20H26Cl3N5O. The van der Waals surface area contributed by atoms with E-state index in [2.05, 4.69) is 20.6 Å². The molecule has 1 heterocycles. The van der Waals surface area contributed by atoms with Gasteiger partial charge in [0.05, 0.1) is 10.0 Å². The lowest BCUT2D eigenvalue weighted by molar-refractivity contribution is 0.0926. The summed E-state index contributed by atoms with van der Waals surface area (Å²) in [6.07, 6.45) is 3.75. The van der Waals surface area contributed by atoms with E-state index >= 15 is 0 Å². The van der Waals surface area contributed by atoms with Gasteiger partial charge in [-0.05, 0) is 50.8 Å². The molecule has 1 aliphatic rings. The Morgan fingerprint density at radius 3 is 2.31 bits per heavy atom. The van der Waals surface area contributed by atoms with Crippen molar-refractivity contribution in [3.8, 4) is 0 Å². The van der Waals surface area contributed by atoms with Crippen LogP contribution in [0.2, 0.25) is 10.0 Å². The molecule has 3 rings (SSSR count). The van der Waals surface area contributed by atoms with Crippen molar-refractivity contribution in [2.75, 3.05) is 24.3 Å². The quantitative estimate of drug-likeness (QED) is 0.677. The van der Waals surface area contributed by atoms with Crippen LogP contribution in [0.4, 0.5) is 11.6 Å². The number of nitrogens with zero attached hydrogens (tertiary/aromatic N) is 3. The molecule has 9 heteroatoms. The summed E-state index contributed by atoms with van der Waals surface area (Å²) in [5.41, 5.74) is 0.530. The molecule has 0 radical (unpaired) electrons. The Balaban J connectivity index is 0.00000300. The second-order valence-electron chi connectivity index (χ2n) is 7.35. The Kier molecular flexibility index (Phi) is 8.37. The van der Waals surface area contributed by atoms with E-state index in [-0.39, 0.29) is 24.4 Å². The van der Waals surface area contributed by atoms with Gasteiger partial charge in [0.1, 0.15) is 17.5 Å². The number of nitrogens with one attached hydrogen (secondary N) is 2. The van der Waals surface area contributed by atoms with Crippen LogP contribution in [0.15, 0.2) is 24.3 Å². The molecule has 2 N–H and O–H groups in total. The van der Waals surface area contributed by atoms with E-state index in [0.29, 0.717) is 21.7 Å². The number of carbonyl (C=O) groups is 1. The molecule has 0 bridgehead atoms. The molecule has 2 aromatic rings. The highest BCUT2D eigenvalue weighted by Gasteiger charge is 2.23. The molecule has 6 nitrogen and oxygen atoms in total. The highest BCUT2D eigenvalue weighted by atomic mass is 35.5. The maximum absolute atomic E-state index is 12.4. The fraction of sp³-hybridized carbons (Fsp3) is 0.450. The molecule has 0 saturated heterocycles. The predicted octanol–water partition coefficient (Wildman–Crippen LogP) is 4.73. The molecule has 158 valence electrons. The summed E-state index contributed by atoms with van der Waals surface area (Å²) in [6.45, 7) is 1.90. The third-order valence-corrected chi connectivity index (χ3v) is 5.62. The highest BCUT2D eigenvalue weighted by molar-refractivity contribution is 6.42. The minimum absolute atomic E-state index is 0. The number of carbonyl (C=O) groups excluding carboxylic acids is 1. The van der Waals surface area contributed by atoms with Gasteiger partial charge in [0, 0.05) is 37.8 Å². The Labute approximate surface area is 187 Å². The van der Waals surface area contributed by atoms with E-state index in [1.54, 1.807) is 18.2 Å². The van der Waals surface area contributed by atoms with Crippen molar-refractivity contribution in [2.45, 2.75) is 44.7 Å². The number of aromatic nitrogens is 2. The fourth-order valence-electron chi connectivity index (χ4n) is 3.35. The highest BCUT2D eigenvalue weighted by Crippen LogP contribution is 2.25. The number of hydrogen-bond acceptors (Lipinski definition) is 5. The third kappa shape index (κ3) is 6.36. The zero-order valence-electron chi connectivity index (χ0n) is 16.7. The first-order valence-corrected chi connectivity index (χ1v) is 10.1. The largest absolute Gasteiger partial charge is 0.367 e. The normalized spacial score (nSPS) is 18.5. The fourth-order valence-corrected chi connectivity index (χ4v) is 3.65. The van der Waals surface area contributed by atoms with Crippen molar-refractivity contribution in [3.63, 3.8) is 0 Å². The molecule has 1 aromatic carbocycles. The predicted molar refractivity (Wildman–Crippen MR) is 122 cm³/mol. The van der Waals surface area contributed by atoms with E-state index in [4.69, 9.17) is 23.2 Å². The topological polar surface area (TPSA) is 70.2 Å². The van der Waals surface area contributed by atoms with Crippen LogP contribution in [0.1, 0.15) is 41.9 Å². The van der Waals surface area contributed by atoms with E-state index in [1.807, 2.05) is 32.0 Å². The lowest BCUT2D eigenvalue weighted by atomic mass is 9.91. The van der Waals surface area contributed by atoms with Crippen LogP contribution in [-0.2, 0) is 0 Å². The smallest absolute Gasteiger partial charge is 0.251 e. The minimum atomic E-state index is -0.114. The molecule has 0 atom stereocenters. The van der Waals surface area contributed by atoms with Crippen LogP contribution >= 0.6 is 35.6 Å². The lowest BCUT2D eigenvalue weighted by Gasteiger charge is -2.30. The average Bonchev–Trinajstić information content (AvgIpc) is 2.65. The molecule has 1 aromatic heterocycles. The first-order valence-electron chi connectivity index (χ1n) is 9.37. The summed E-state index contributed by atoms with van der Waals surface area (Å²) in [5, 5.41) is 7.45. The Hall–Kier alpha value is -1.76. The van der Waals surface area contributed by atoms with Crippen LogP contribution in [0.25, 0.3) is 0 Å². The molecule has 1 saturated carbocycles. The number of rotatable bonds is 5. The van der Waals surface area contributed by atoms with E-state index in [1.165, 1.54) is 0 Å². The van der Waals surface area contributed by atoms with Crippen LogP contribution in [-0.4, -0.2) is 42.1 Å². The summed E-state index contributed by atoms with van der Waals surface area (Å²) >= 11 is 11.9. The van der Waals surface area contributed by atoms with Crippen LogP contribution < -0.4 is 15.5 Å². The van der Waals surface area contributed by atoms with Gasteiger partial charge in [-0.3, -0.25) is 4.79 Å². The van der Waals surface area contributed by atoms with Crippen LogP contribution in [0.5, 0.6) is 0 Å².